The average Bonchev–Trinajstić information content (AvgIpc) is 2.35. The van der Waals surface area contributed by atoms with Gasteiger partial charge in [-0.1, -0.05) is 29.3 Å². The Morgan fingerprint density at radius 3 is 2.45 bits per heavy atom. The Morgan fingerprint density at radius 1 is 1.30 bits per heavy atom. The highest BCUT2D eigenvalue weighted by Gasteiger charge is 2.12. The minimum absolute atomic E-state index is 0.279. The van der Waals surface area contributed by atoms with E-state index in [4.69, 9.17) is 28.3 Å². The van der Waals surface area contributed by atoms with Crippen molar-refractivity contribution in [3.8, 4) is 0 Å². The van der Waals surface area contributed by atoms with E-state index in [0.717, 1.165) is 0 Å². The first-order valence-electron chi connectivity index (χ1n) is 5.77. The summed E-state index contributed by atoms with van der Waals surface area (Å²) in [4.78, 5) is 22.6. The highest BCUT2D eigenvalue weighted by Crippen LogP contribution is 2.25. The van der Waals surface area contributed by atoms with Crippen molar-refractivity contribution < 1.29 is 9.90 Å². The molecule has 2 aromatic rings. The van der Waals surface area contributed by atoms with Gasteiger partial charge in [-0.3, -0.25) is 4.79 Å². The Labute approximate surface area is 125 Å². The molecule has 4 nitrogen and oxygen atoms in total. The van der Waals surface area contributed by atoms with Crippen LogP contribution in [0.3, 0.4) is 0 Å². The molecule has 6 heteroatoms. The van der Waals surface area contributed by atoms with Gasteiger partial charge in [-0.15, -0.1) is 0 Å². The van der Waals surface area contributed by atoms with Crippen molar-refractivity contribution in [2.45, 2.75) is 13.5 Å². The van der Waals surface area contributed by atoms with Crippen molar-refractivity contribution in [1.82, 2.24) is 4.57 Å². The lowest BCUT2D eigenvalue weighted by molar-refractivity contribution is 0.0694. The van der Waals surface area contributed by atoms with Gasteiger partial charge < -0.3 is 9.67 Å². The summed E-state index contributed by atoms with van der Waals surface area (Å²) in [5.41, 5.74) is 0.519. The van der Waals surface area contributed by atoms with Crippen molar-refractivity contribution in [2.24, 2.45) is 0 Å². The molecule has 0 aliphatic rings. The molecule has 1 aromatic carbocycles. The van der Waals surface area contributed by atoms with Crippen LogP contribution in [0.4, 0.5) is 0 Å². The number of aryl methyl sites for hydroxylation is 1. The molecule has 1 aromatic heterocycles. The lowest BCUT2D eigenvalue weighted by Gasteiger charge is -2.13. The lowest BCUT2D eigenvalue weighted by atomic mass is 10.2. The Bertz CT molecular complexity index is 717. The summed E-state index contributed by atoms with van der Waals surface area (Å²) in [6, 6.07) is 6.43. The van der Waals surface area contributed by atoms with Crippen LogP contribution in [0.25, 0.3) is 0 Å². The van der Waals surface area contributed by atoms with Gasteiger partial charge in [0.15, 0.2) is 5.43 Å². The summed E-state index contributed by atoms with van der Waals surface area (Å²) in [6.07, 6.45) is 1.31. The molecule has 0 fully saturated rings. The smallest absolute Gasteiger partial charge is 0.341 e. The van der Waals surface area contributed by atoms with Gasteiger partial charge in [0.2, 0.25) is 0 Å². The minimum atomic E-state index is -1.26. The summed E-state index contributed by atoms with van der Waals surface area (Å²) < 4.78 is 1.64. The molecule has 1 heterocycles. The van der Waals surface area contributed by atoms with E-state index in [1.165, 1.54) is 12.3 Å². The highest BCUT2D eigenvalue weighted by molar-refractivity contribution is 6.35. The maximum absolute atomic E-state index is 11.6. The molecule has 0 spiro atoms. The molecule has 0 radical (unpaired) electrons. The van der Waals surface area contributed by atoms with Gasteiger partial charge in [-0.2, -0.15) is 0 Å². The quantitative estimate of drug-likeness (QED) is 0.947. The van der Waals surface area contributed by atoms with Crippen molar-refractivity contribution >= 4 is 29.2 Å². The molecule has 0 saturated carbocycles. The van der Waals surface area contributed by atoms with Crippen molar-refractivity contribution in [3.63, 3.8) is 0 Å². The van der Waals surface area contributed by atoms with Gasteiger partial charge >= 0.3 is 5.97 Å². The lowest BCUT2D eigenvalue weighted by Crippen LogP contribution is -2.19. The zero-order chi connectivity index (χ0) is 14.9. The number of nitrogens with zero attached hydrogens (tertiary/aromatic N) is 1. The number of carboxylic acid groups (broad SMARTS) is 1. The SMILES string of the molecule is Cc1cc(=O)c(C(=O)O)cn1Cc1c(Cl)cccc1Cl. The van der Waals surface area contributed by atoms with Crippen LogP contribution < -0.4 is 5.43 Å². The summed E-state index contributed by atoms with van der Waals surface area (Å²) >= 11 is 12.2. The number of pyridine rings is 1. The zero-order valence-electron chi connectivity index (χ0n) is 10.6. The second-order valence-electron chi connectivity index (χ2n) is 4.33. The van der Waals surface area contributed by atoms with Gasteiger partial charge in [0.05, 0.1) is 6.54 Å². The molecule has 0 aliphatic carbocycles. The Kier molecular flexibility index (Phi) is 4.16. The van der Waals surface area contributed by atoms with Crippen molar-refractivity contribution in [1.29, 1.82) is 0 Å². The van der Waals surface area contributed by atoms with Crippen LogP contribution in [-0.2, 0) is 6.54 Å². The van der Waals surface area contributed by atoms with Crippen LogP contribution in [0.1, 0.15) is 21.6 Å². The maximum atomic E-state index is 11.6. The molecule has 0 amide bonds. The first-order valence-corrected chi connectivity index (χ1v) is 6.53. The number of rotatable bonds is 3. The second kappa shape index (κ2) is 5.69. The van der Waals surface area contributed by atoms with E-state index in [0.29, 0.717) is 27.8 Å². The fourth-order valence-corrected chi connectivity index (χ4v) is 2.37. The summed E-state index contributed by atoms with van der Waals surface area (Å²) in [5, 5.41) is 9.98. The summed E-state index contributed by atoms with van der Waals surface area (Å²) in [7, 11) is 0. The molecule has 104 valence electrons. The van der Waals surface area contributed by atoms with Crippen LogP contribution in [0.15, 0.2) is 35.3 Å². The van der Waals surface area contributed by atoms with Crippen molar-refractivity contribution in [3.05, 3.63) is 67.6 Å². The molecule has 1 N–H and O–H groups in total. The average molecular weight is 312 g/mol. The van der Waals surface area contributed by atoms with E-state index in [1.807, 2.05) is 0 Å². The van der Waals surface area contributed by atoms with Crippen LogP contribution in [0.5, 0.6) is 0 Å². The summed E-state index contributed by atoms with van der Waals surface area (Å²) in [5.74, 6) is -1.26. The van der Waals surface area contributed by atoms with E-state index < -0.39 is 11.4 Å². The fourth-order valence-electron chi connectivity index (χ4n) is 1.86. The third-order valence-electron chi connectivity index (χ3n) is 2.96. The number of hydrogen-bond donors (Lipinski definition) is 1. The third-order valence-corrected chi connectivity index (χ3v) is 3.67. The number of halogens is 2. The number of aromatic carboxylic acids is 1. The predicted molar refractivity (Wildman–Crippen MR) is 78.0 cm³/mol. The van der Waals surface area contributed by atoms with Gasteiger partial charge in [-0.05, 0) is 19.1 Å². The molecule has 0 atom stereocenters. The van der Waals surface area contributed by atoms with E-state index >= 15 is 0 Å². The molecule has 0 unspecified atom stereocenters. The topological polar surface area (TPSA) is 59.3 Å². The molecule has 0 saturated heterocycles. The monoisotopic (exact) mass is 311 g/mol. The standard InChI is InChI=1S/C14H11Cl2NO3/c1-8-5-13(18)10(14(19)20)7-17(8)6-9-11(15)3-2-4-12(9)16/h2-5,7H,6H2,1H3,(H,19,20). The van der Waals surface area contributed by atoms with Gasteiger partial charge in [-0.25, -0.2) is 4.79 Å². The van der Waals surface area contributed by atoms with Crippen LogP contribution in [0, 0.1) is 6.92 Å². The normalized spacial score (nSPS) is 10.6. The van der Waals surface area contributed by atoms with Crippen LogP contribution in [0.2, 0.25) is 10.0 Å². The number of aromatic nitrogens is 1. The van der Waals surface area contributed by atoms with Crippen LogP contribution in [-0.4, -0.2) is 15.6 Å². The van der Waals surface area contributed by atoms with Gasteiger partial charge in [0.25, 0.3) is 0 Å². The number of carbonyl (C=O) groups is 1. The number of benzene rings is 1. The Hall–Kier alpha value is -1.78. The molecule has 0 bridgehead atoms. The van der Waals surface area contributed by atoms with Gasteiger partial charge in [0, 0.05) is 33.6 Å². The maximum Gasteiger partial charge on any atom is 0.341 e. The largest absolute Gasteiger partial charge is 0.477 e. The molecular formula is C14H11Cl2NO3. The van der Waals surface area contributed by atoms with Crippen molar-refractivity contribution in [2.75, 3.05) is 0 Å². The minimum Gasteiger partial charge on any atom is -0.477 e. The molecule has 2 rings (SSSR count). The summed E-state index contributed by atoms with van der Waals surface area (Å²) in [6.45, 7) is 2.02. The number of hydrogen-bond acceptors (Lipinski definition) is 2. The van der Waals surface area contributed by atoms with Crippen LogP contribution >= 0.6 is 23.2 Å². The van der Waals surface area contributed by atoms with E-state index in [-0.39, 0.29) is 5.56 Å². The van der Waals surface area contributed by atoms with E-state index in [9.17, 15) is 9.59 Å². The van der Waals surface area contributed by atoms with E-state index in [1.54, 1.807) is 29.7 Å². The number of carboxylic acids is 1. The molecular weight excluding hydrogens is 301 g/mol. The Balaban J connectivity index is 2.51. The predicted octanol–water partition coefficient (Wildman–Crippen LogP) is 3.21. The van der Waals surface area contributed by atoms with E-state index in [2.05, 4.69) is 0 Å². The second-order valence-corrected chi connectivity index (χ2v) is 5.14. The third kappa shape index (κ3) is 2.86. The zero-order valence-corrected chi connectivity index (χ0v) is 12.1. The Morgan fingerprint density at radius 2 is 1.90 bits per heavy atom. The molecule has 20 heavy (non-hydrogen) atoms. The first kappa shape index (κ1) is 14.6. The molecule has 0 aliphatic heterocycles. The highest BCUT2D eigenvalue weighted by atomic mass is 35.5. The first-order chi connectivity index (χ1) is 9.40. The van der Waals surface area contributed by atoms with Gasteiger partial charge in [0.1, 0.15) is 5.56 Å². The fraction of sp³-hybridized carbons (Fsp3) is 0.143.